The van der Waals surface area contributed by atoms with Crippen LogP contribution in [0.1, 0.15) is 26.7 Å². The Morgan fingerprint density at radius 3 is 2.64 bits per heavy atom. The Labute approximate surface area is 84.5 Å². The molecular formula is C10H18O4. The van der Waals surface area contributed by atoms with E-state index in [1.54, 1.807) is 0 Å². The molecule has 0 aromatic carbocycles. The second-order valence-corrected chi connectivity index (χ2v) is 2.91. The van der Waals surface area contributed by atoms with Crippen LogP contribution in [-0.2, 0) is 14.3 Å². The van der Waals surface area contributed by atoms with Gasteiger partial charge in [0.1, 0.15) is 0 Å². The Kier molecular flexibility index (Phi) is 7.06. The van der Waals surface area contributed by atoms with E-state index in [2.05, 4.69) is 6.58 Å². The third-order valence-electron chi connectivity index (χ3n) is 1.68. The van der Waals surface area contributed by atoms with E-state index in [0.29, 0.717) is 26.1 Å². The van der Waals surface area contributed by atoms with E-state index in [1.807, 2.05) is 13.8 Å². The average Bonchev–Trinajstić information content (AvgIpc) is 2.12. The van der Waals surface area contributed by atoms with Crippen molar-refractivity contribution in [2.45, 2.75) is 33.0 Å². The molecule has 0 aliphatic carbocycles. The number of hydrogen-bond donors (Lipinski definition) is 1. The molecule has 1 atom stereocenters. The molecule has 4 nitrogen and oxygen atoms in total. The van der Waals surface area contributed by atoms with Gasteiger partial charge in [-0.2, -0.15) is 0 Å². The van der Waals surface area contributed by atoms with E-state index in [4.69, 9.17) is 14.6 Å². The number of carboxylic acid groups (broad SMARTS) is 1. The lowest BCUT2D eigenvalue weighted by Gasteiger charge is -2.12. The van der Waals surface area contributed by atoms with Crippen molar-refractivity contribution < 1.29 is 19.4 Å². The Morgan fingerprint density at radius 1 is 1.50 bits per heavy atom. The molecule has 0 rings (SSSR count). The van der Waals surface area contributed by atoms with Crippen LogP contribution in [0, 0.1) is 0 Å². The molecule has 82 valence electrons. The molecule has 0 spiro atoms. The zero-order chi connectivity index (χ0) is 11.0. The minimum Gasteiger partial charge on any atom is -0.478 e. The molecule has 0 heterocycles. The molecular weight excluding hydrogens is 184 g/mol. The lowest BCUT2D eigenvalue weighted by atomic mass is 10.2. The summed E-state index contributed by atoms with van der Waals surface area (Å²) in [5.41, 5.74) is 0.220. The highest BCUT2D eigenvalue weighted by molar-refractivity contribution is 5.85. The highest BCUT2D eigenvalue weighted by atomic mass is 16.7. The van der Waals surface area contributed by atoms with E-state index in [1.165, 1.54) is 0 Å². The van der Waals surface area contributed by atoms with Gasteiger partial charge in [-0.3, -0.25) is 0 Å². The predicted octanol–water partition coefficient (Wildman–Crippen LogP) is 1.81. The number of carboxylic acids is 1. The normalized spacial score (nSPS) is 12.4. The maximum atomic E-state index is 10.4. The summed E-state index contributed by atoms with van der Waals surface area (Å²) in [6, 6.07) is 0. The smallest absolute Gasteiger partial charge is 0.330 e. The largest absolute Gasteiger partial charge is 0.478 e. The van der Waals surface area contributed by atoms with Crippen LogP contribution in [0.5, 0.6) is 0 Å². The maximum Gasteiger partial charge on any atom is 0.330 e. The van der Waals surface area contributed by atoms with Crippen LogP contribution in [-0.4, -0.2) is 30.6 Å². The standard InChI is InChI=1S/C10H18O4/c1-4-13-9(3)14-7-5-6-8(2)10(11)12/h9H,2,4-7H2,1,3H3,(H,11,12). The fraction of sp³-hybridized carbons (Fsp3) is 0.700. The first kappa shape index (κ1) is 13.1. The number of aliphatic carboxylic acids is 1. The molecule has 1 unspecified atom stereocenters. The van der Waals surface area contributed by atoms with Gasteiger partial charge in [-0.05, 0) is 26.7 Å². The molecule has 0 aliphatic rings. The lowest BCUT2D eigenvalue weighted by Crippen LogP contribution is -2.13. The molecule has 0 aromatic rings. The second-order valence-electron chi connectivity index (χ2n) is 2.91. The van der Waals surface area contributed by atoms with Crippen LogP contribution in [0.4, 0.5) is 0 Å². The van der Waals surface area contributed by atoms with Crippen molar-refractivity contribution in [1.82, 2.24) is 0 Å². The van der Waals surface area contributed by atoms with Gasteiger partial charge in [0.25, 0.3) is 0 Å². The third-order valence-corrected chi connectivity index (χ3v) is 1.68. The van der Waals surface area contributed by atoms with Crippen LogP contribution in [0.25, 0.3) is 0 Å². The fourth-order valence-electron chi connectivity index (χ4n) is 0.925. The summed E-state index contributed by atoms with van der Waals surface area (Å²) >= 11 is 0. The second kappa shape index (κ2) is 7.53. The van der Waals surface area contributed by atoms with Crippen molar-refractivity contribution in [2.24, 2.45) is 0 Å². The minimum atomic E-state index is -0.942. The van der Waals surface area contributed by atoms with Gasteiger partial charge in [-0.1, -0.05) is 6.58 Å². The first-order chi connectivity index (χ1) is 6.57. The fourth-order valence-corrected chi connectivity index (χ4v) is 0.925. The summed E-state index contributed by atoms with van der Waals surface area (Å²) < 4.78 is 10.4. The van der Waals surface area contributed by atoms with Crippen LogP contribution >= 0.6 is 0 Å². The molecule has 0 saturated carbocycles. The van der Waals surface area contributed by atoms with Gasteiger partial charge in [0.2, 0.25) is 0 Å². The van der Waals surface area contributed by atoms with Gasteiger partial charge in [-0.15, -0.1) is 0 Å². The summed E-state index contributed by atoms with van der Waals surface area (Å²) in [4.78, 5) is 10.4. The summed E-state index contributed by atoms with van der Waals surface area (Å²) in [5.74, 6) is -0.942. The van der Waals surface area contributed by atoms with Gasteiger partial charge in [-0.25, -0.2) is 4.79 Å². The van der Waals surface area contributed by atoms with Crippen molar-refractivity contribution in [3.05, 3.63) is 12.2 Å². The van der Waals surface area contributed by atoms with Crippen molar-refractivity contribution >= 4 is 5.97 Å². The van der Waals surface area contributed by atoms with Gasteiger partial charge in [0, 0.05) is 12.2 Å². The van der Waals surface area contributed by atoms with Crippen molar-refractivity contribution in [3.8, 4) is 0 Å². The first-order valence-electron chi connectivity index (χ1n) is 4.72. The van der Waals surface area contributed by atoms with Crippen molar-refractivity contribution in [1.29, 1.82) is 0 Å². The molecule has 0 bridgehead atoms. The SMILES string of the molecule is C=C(CCCOC(C)OCC)C(=O)O. The highest BCUT2D eigenvalue weighted by Gasteiger charge is 2.04. The molecule has 0 fully saturated rings. The molecule has 1 N–H and O–H groups in total. The Hall–Kier alpha value is -0.870. The predicted molar refractivity (Wildman–Crippen MR) is 53.0 cm³/mol. The number of rotatable bonds is 8. The summed E-state index contributed by atoms with van der Waals surface area (Å²) in [6.07, 6.45) is 0.884. The topological polar surface area (TPSA) is 55.8 Å². The van der Waals surface area contributed by atoms with Crippen LogP contribution in [0.3, 0.4) is 0 Å². The van der Waals surface area contributed by atoms with E-state index in [-0.39, 0.29) is 11.9 Å². The molecule has 4 heteroatoms. The maximum absolute atomic E-state index is 10.4. The van der Waals surface area contributed by atoms with Crippen molar-refractivity contribution in [2.75, 3.05) is 13.2 Å². The monoisotopic (exact) mass is 202 g/mol. The zero-order valence-electron chi connectivity index (χ0n) is 8.78. The molecule has 0 aromatic heterocycles. The van der Waals surface area contributed by atoms with Gasteiger partial charge >= 0.3 is 5.97 Å². The summed E-state index contributed by atoms with van der Waals surface area (Å²) in [7, 11) is 0. The van der Waals surface area contributed by atoms with E-state index < -0.39 is 5.97 Å². The Balaban J connectivity index is 3.37. The van der Waals surface area contributed by atoms with Crippen molar-refractivity contribution in [3.63, 3.8) is 0 Å². The molecule has 0 aliphatic heterocycles. The van der Waals surface area contributed by atoms with Crippen LogP contribution < -0.4 is 0 Å². The first-order valence-corrected chi connectivity index (χ1v) is 4.72. The minimum absolute atomic E-state index is 0.220. The third kappa shape index (κ3) is 6.62. The molecule has 14 heavy (non-hydrogen) atoms. The Morgan fingerprint density at radius 2 is 2.14 bits per heavy atom. The Bertz CT molecular complexity index is 189. The molecule has 0 amide bonds. The van der Waals surface area contributed by atoms with E-state index in [9.17, 15) is 4.79 Å². The summed E-state index contributed by atoms with van der Waals surface area (Å²) in [6.45, 7) is 8.24. The van der Waals surface area contributed by atoms with Gasteiger partial charge < -0.3 is 14.6 Å². The van der Waals surface area contributed by atoms with E-state index in [0.717, 1.165) is 0 Å². The molecule has 0 radical (unpaired) electrons. The summed E-state index contributed by atoms with van der Waals surface area (Å²) in [5, 5.41) is 8.51. The zero-order valence-corrected chi connectivity index (χ0v) is 8.78. The lowest BCUT2D eigenvalue weighted by molar-refractivity contribution is -0.133. The van der Waals surface area contributed by atoms with Crippen LogP contribution in [0.15, 0.2) is 12.2 Å². The molecule has 0 saturated heterocycles. The number of carbonyl (C=O) groups is 1. The van der Waals surface area contributed by atoms with E-state index >= 15 is 0 Å². The quantitative estimate of drug-likeness (QED) is 0.370. The van der Waals surface area contributed by atoms with Crippen LogP contribution in [0.2, 0.25) is 0 Å². The average molecular weight is 202 g/mol. The number of ether oxygens (including phenoxy) is 2. The number of hydrogen-bond acceptors (Lipinski definition) is 3. The van der Waals surface area contributed by atoms with Gasteiger partial charge in [0.05, 0.1) is 6.61 Å². The highest BCUT2D eigenvalue weighted by Crippen LogP contribution is 2.03. The van der Waals surface area contributed by atoms with Gasteiger partial charge in [0.15, 0.2) is 6.29 Å².